The number of ether oxygens (including phenoxy) is 1. The van der Waals surface area contributed by atoms with Gasteiger partial charge in [0, 0.05) is 5.02 Å². The standard InChI is InChI=1S/C24H30ClNO3/c1-23(2,3)18-13-16(14-19(21(18)27)24(4,5)6)20(26-11-12-29-22(26)28)15-7-9-17(25)10-8-15/h7-10,13-14,20,27H,11-12H2,1-6H3. The summed E-state index contributed by atoms with van der Waals surface area (Å²) >= 11 is 6.10. The van der Waals surface area contributed by atoms with Gasteiger partial charge < -0.3 is 9.84 Å². The number of amides is 1. The van der Waals surface area contributed by atoms with Crippen molar-refractivity contribution in [2.75, 3.05) is 13.2 Å². The van der Waals surface area contributed by atoms with Gasteiger partial charge in [-0.05, 0) is 57.3 Å². The lowest BCUT2D eigenvalue weighted by Crippen LogP contribution is -2.31. The highest BCUT2D eigenvalue weighted by Gasteiger charge is 2.35. The van der Waals surface area contributed by atoms with Gasteiger partial charge in [0.15, 0.2) is 0 Å². The fourth-order valence-electron chi connectivity index (χ4n) is 3.80. The molecule has 4 nitrogen and oxygen atoms in total. The van der Waals surface area contributed by atoms with Gasteiger partial charge in [0.1, 0.15) is 12.4 Å². The molecule has 1 N–H and O–H groups in total. The van der Waals surface area contributed by atoms with E-state index in [2.05, 4.69) is 41.5 Å². The van der Waals surface area contributed by atoms with E-state index < -0.39 is 0 Å². The largest absolute Gasteiger partial charge is 0.507 e. The van der Waals surface area contributed by atoms with Gasteiger partial charge in [-0.25, -0.2) is 4.79 Å². The van der Waals surface area contributed by atoms with Crippen molar-refractivity contribution < 1.29 is 14.6 Å². The van der Waals surface area contributed by atoms with Crippen molar-refractivity contribution in [2.24, 2.45) is 0 Å². The molecule has 156 valence electrons. The second-order valence-electron chi connectivity index (χ2n) is 9.73. The van der Waals surface area contributed by atoms with Crippen LogP contribution in [0.25, 0.3) is 0 Å². The quantitative estimate of drug-likeness (QED) is 0.650. The van der Waals surface area contributed by atoms with Crippen LogP contribution < -0.4 is 0 Å². The van der Waals surface area contributed by atoms with Crippen molar-refractivity contribution in [3.63, 3.8) is 0 Å². The van der Waals surface area contributed by atoms with Crippen LogP contribution in [-0.4, -0.2) is 29.3 Å². The van der Waals surface area contributed by atoms with Gasteiger partial charge in [-0.1, -0.05) is 65.3 Å². The number of nitrogens with zero attached hydrogens (tertiary/aromatic N) is 1. The minimum Gasteiger partial charge on any atom is -0.507 e. The summed E-state index contributed by atoms with van der Waals surface area (Å²) in [5.74, 6) is 0.326. The lowest BCUT2D eigenvalue weighted by atomic mass is 9.77. The topological polar surface area (TPSA) is 49.8 Å². The third kappa shape index (κ3) is 4.37. The molecule has 1 aliphatic rings. The first-order valence-electron chi connectivity index (χ1n) is 9.96. The van der Waals surface area contributed by atoms with Gasteiger partial charge in [0.05, 0.1) is 12.6 Å². The molecule has 0 bridgehead atoms. The second kappa shape index (κ2) is 7.56. The van der Waals surface area contributed by atoms with E-state index in [0.717, 1.165) is 22.3 Å². The fourth-order valence-corrected chi connectivity index (χ4v) is 3.92. The van der Waals surface area contributed by atoms with E-state index in [1.807, 2.05) is 36.4 Å². The van der Waals surface area contributed by atoms with Crippen LogP contribution in [0.4, 0.5) is 4.79 Å². The summed E-state index contributed by atoms with van der Waals surface area (Å²) in [5, 5.41) is 11.7. The molecule has 0 aliphatic carbocycles. The van der Waals surface area contributed by atoms with E-state index in [9.17, 15) is 9.90 Å². The van der Waals surface area contributed by atoms with Crippen LogP contribution in [0.2, 0.25) is 5.02 Å². The normalized spacial score (nSPS) is 16.1. The number of benzene rings is 2. The Labute approximate surface area is 178 Å². The monoisotopic (exact) mass is 415 g/mol. The molecule has 3 rings (SSSR count). The van der Waals surface area contributed by atoms with E-state index in [0.29, 0.717) is 23.9 Å². The van der Waals surface area contributed by atoms with Crippen LogP contribution in [0.3, 0.4) is 0 Å². The van der Waals surface area contributed by atoms with E-state index in [1.54, 1.807) is 4.90 Å². The van der Waals surface area contributed by atoms with Gasteiger partial charge in [-0.2, -0.15) is 0 Å². The van der Waals surface area contributed by atoms with Crippen LogP contribution in [0.1, 0.15) is 69.8 Å². The first-order valence-corrected chi connectivity index (χ1v) is 10.3. The lowest BCUT2D eigenvalue weighted by molar-refractivity contribution is 0.152. The summed E-state index contributed by atoms with van der Waals surface area (Å²) in [7, 11) is 0. The number of rotatable bonds is 3. The van der Waals surface area contributed by atoms with E-state index in [1.165, 1.54) is 0 Å². The molecule has 0 spiro atoms. The first kappa shape index (κ1) is 21.5. The molecular formula is C24H30ClNO3. The number of phenols is 1. The van der Waals surface area contributed by atoms with Crippen molar-refractivity contribution in [1.29, 1.82) is 0 Å². The molecule has 29 heavy (non-hydrogen) atoms. The van der Waals surface area contributed by atoms with E-state index in [-0.39, 0.29) is 23.0 Å². The Morgan fingerprint density at radius 3 is 1.90 bits per heavy atom. The zero-order valence-corrected chi connectivity index (χ0v) is 18.8. The maximum absolute atomic E-state index is 12.5. The summed E-state index contributed by atoms with van der Waals surface area (Å²) in [5.41, 5.74) is 3.14. The summed E-state index contributed by atoms with van der Waals surface area (Å²) in [6.45, 7) is 13.4. The number of phenolic OH excluding ortho intramolecular Hbond substituents is 1. The summed E-state index contributed by atoms with van der Waals surface area (Å²) < 4.78 is 5.24. The third-order valence-corrected chi connectivity index (χ3v) is 5.61. The van der Waals surface area contributed by atoms with Crippen LogP contribution in [0.5, 0.6) is 5.75 Å². The highest BCUT2D eigenvalue weighted by Crippen LogP contribution is 2.43. The summed E-state index contributed by atoms with van der Waals surface area (Å²) in [6.07, 6.45) is -0.326. The van der Waals surface area contributed by atoms with Gasteiger partial charge >= 0.3 is 6.09 Å². The van der Waals surface area contributed by atoms with Gasteiger partial charge in [-0.3, -0.25) is 4.90 Å². The maximum atomic E-state index is 12.5. The summed E-state index contributed by atoms with van der Waals surface area (Å²) in [6, 6.07) is 11.3. The van der Waals surface area contributed by atoms with Crippen LogP contribution in [-0.2, 0) is 15.6 Å². The van der Waals surface area contributed by atoms with Crippen LogP contribution in [0.15, 0.2) is 36.4 Å². The molecule has 1 unspecified atom stereocenters. The number of halogens is 1. The Morgan fingerprint density at radius 2 is 1.48 bits per heavy atom. The molecule has 0 radical (unpaired) electrons. The average molecular weight is 416 g/mol. The Balaban J connectivity index is 2.27. The zero-order valence-electron chi connectivity index (χ0n) is 18.0. The molecule has 1 amide bonds. The Hall–Kier alpha value is -2.20. The predicted molar refractivity (Wildman–Crippen MR) is 117 cm³/mol. The van der Waals surface area contributed by atoms with E-state index >= 15 is 0 Å². The average Bonchev–Trinajstić information content (AvgIpc) is 3.01. The molecule has 2 aromatic rings. The molecule has 1 fully saturated rings. The molecule has 0 saturated carbocycles. The van der Waals surface area contributed by atoms with Crippen LogP contribution >= 0.6 is 11.6 Å². The van der Waals surface area contributed by atoms with E-state index in [4.69, 9.17) is 16.3 Å². The highest BCUT2D eigenvalue weighted by atomic mass is 35.5. The molecular weight excluding hydrogens is 386 g/mol. The Bertz CT molecular complexity index is 872. The third-order valence-electron chi connectivity index (χ3n) is 5.35. The zero-order chi connectivity index (χ0) is 21.6. The van der Waals surface area contributed by atoms with Gasteiger partial charge in [0.25, 0.3) is 0 Å². The van der Waals surface area contributed by atoms with Crippen molar-refractivity contribution >= 4 is 17.7 Å². The number of carbonyl (C=O) groups excluding carboxylic acids is 1. The molecule has 1 atom stereocenters. The number of aromatic hydroxyl groups is 1. The molecule has 1 heterocycles. The summed E-state index contributed by atoms with van der Waals surface area (Å²) in [4.78, 5) is 14.2. The predicted octanol–water partition coefficient (Wildman–Crippen LogP) is 6.18. The maximum Gasteiger partial charge on any atom is 0.410 e. The minimum atomic E-state index is -0.326. The molecule has 5 heteroatoms. The van der Waals surface area contributed by atoms with Crippen molar-refractivity contribution in [1.82, 2.24) is 4.90 Å². The Kier molecular flexibility index (Phi) is 5.61. The second-order valence-corrected chi connectivity index (χ2v) is 10.2. The van der Waals surface area contributed by atoms with Crippen LogP contribution in [0, 0.1) is 0 Å². The lowest BCUT2D eigenvalue weighted by Gasteiger charge is -2.32. The number of carbonyl (C=O) groups is 1. The molecule has 2 aromatic carbocycles. The van der Waals surface area contributed by atoms with Gasteiger partial charge in [-0.15, -0.1) is 0 Å². The van der Waals surface area contributed by atoms with Crippen molar-refractivity contribution in [3.8, 4) is 5.75 Å². The molecule has 1 aliphatic heterocycles. The fraction of sp³-hybridized carbons (Fsp3) is 0.458. The van der Waals surface area contributed by atoms with Crippen molar-refractivity contribution in [3.05, 3.63) is 63.7 Å². The van der Waals surface area contributed by atoms with Crippen molar-refractivity contribution in [2.45, 2.75) is 58.4 Å². The SMILES string of the molecule is CC(C)(C)c1cc(C(c2ccc(Cl)cc2)N2CCOC2=O)cc(C(C)(C)C)c1O. The highest BCUT2D eigenvalue weighted by molar-refractivity contribution is 6.30. The Morgan fingerprint density at radius 1 is 0.966 bits per heavy atom. The number of hydrogen-bond donors (Lipinski definition) is 1. The smallest absolute Gasteiger partial charge is 0.410 e. The molecule has 0 aromatic heterocycles. The number of cyclic esters (lactones) is 1. The van der Waals surface area contributed by atoms with Gasteiger partial charge in [0.2, 0.25) is 0 Å². The molecule has 1 saturated heterocycles. The number of hydrogen-bond acceptors (Lipinski definition) is 3. The minimum absolute atomic E-state index is 0.254. The first-order chi connectivity index (χ1) is 13.4.